The molecule has 0 aliphatic carbocycles. The standard InChI is InChI=1S/C12H20NOP/c1-12(2,3)9-10-6-7-13-11(8-10)15(4,5)14/h6-8H,9H2,1-5H3. The van der Waals surface area contributed by atoms with Gasteiger partial charge in [0.05, 0.1) is 5.44 Å². The van der Waals surface area contributed by atoms with Gasteiger partial charge in [0.2, 0.25) is 0 Å². The summed E-state index contributed by atoms with van der Waals surface area (Å²) in [6, 6.07) is 3.98. The molecule has 0 aliphatic heterocycles. The van der Waals surface area contributed by atoms with Crippen LogP contribution in [-0.2, 0) is 11.0 Å². The molecule has 0 saturated heterocycles. The van der Waals surface area contributed by atoms with Crippen LogP contribution in [0.2, 0.25) is 0 Å². The zero-order chi connectivity index (χ0) is 11.7. The number of nitrogens with zero attached hydrogens (tertiary/aromatic N) is 1. The van der Waals surface area contributed by atoms with Crippen LogP contribution in [0.3, 0.4) is 0 Å². The van der Waals surface area contributed by atoms with Crippen molar-refractivity contribution in [2.75, 3.05) is 13.3 Å². The van der Waals surface area contributed by atoms with Crippen molar-refractivity contribution in [2.24, 2.45) is 5.41 Å². The van der Waals surface area contributed by atoms with Crippen LogP contribution in [0.15, 0.2) is 18.3 Å². The third kappa shape index (κ3) is 4.17. The Morgan fingerprint density at radius 2 is 1.93 bits per heavy atom. The molecular weight excluding hydrogens is 205 g/mol. The highest BCUT2D eigenvalue weighted by Gasteiger charge is 2.16. The zero-order valence-electron chi connectivity index (χ0n) is 10.2. The average molecular weight is 225 g/mol. The first kappa shape index (κ1) is 12.4. The van der Waals surface area contributed by atoms with E-state index in [1.807, 2.05) is 12.1 Å². The largest absolute Gasteiger partial charge is 0.318 e. The Hall–Kier alpha value is -0.620. The first-order chi connectivity index (χ1) is 6.68. The summed E-state index contributed by atoms with van der Waals surface area (Å²) in [6.45, 7) is 10.1. The van der Waals surface area contributed by atoms with Crippen molar-refractivity contribution >= 4 is 12.6 Å². The van der Waals surface area contributed by atoms with E-state index in [2.05, 4.69) is 25.8 Å². The van der Waals surface area contributed by atoms with Crippen molar-refractivity contribution in [2.45, 2.75) is 27.2 Å². The number of aromatic nitrogens is 1. The third-order valence-corrected chi connectivity index (χ3v) is 3.44. The molecule has 0 bridgehead atoms. The van der Waals surface area contributed by atoms with Crippen molar-refractivity contribution in [3.63, 3.8) is 0 Å². The fourth-order valence-electron chi connectivity index (χ4n) is 1.48. The third-order valence-electron chi connectivity index (χ3n) is 2.10. The van der Waals surface area contributed by atoms with E-state index in [-0.39, 0.29) is 5.41 Å². The van der Waals surface area contributed by atoms with E-state index in [4.69, 9.17) is 0 Å². The molecular formula is C12H20NOP. The van der Waals surface area contributed by atoms with Gasteiger partial charge in [-0.25, -0.2) is 0 Å². The maximum Gasteiger partial charge on any atom is 0.127 e. The lowest BCUT2D eigenvalue weighted by molar-refractivity contribution is 0.411. The maximum absolute atomic E-state index is 11.9. The molecule has 0 amide bonds. The summed E-state index contributed by atoms with van der Waals surface area (Å²) in [4.78, 5) is 4.18. The van der Waals surface area contributed by atoms with Crippen LogP contribution in [0.1, 0.15) is 26.3 Å². The molecule has 0 fully saturated rings. The summed E-state index contributed by atoms with van der Waals surface area (Å²) in [6.07, 6.45) is 2.75. The zero-order valence-corrected chi connectivity index (χ0v) is 11.1. The number of pyridine rings is 1. The Balaban J connectivity index is 2.99. The van der Waals surface area contributed by atoms with Crippen LogP contribution in [0.25, 0.3) is 0 Å². The molecule has 2 nitrogen and oxygen atoms in total. The smallest absolute Gasteiger partial charge is 0.127 e. The number of rotatable bonds is 2. The normalized spacial score (nSPS) is 12.9. The van der Waals surface area contributed by atoms with Gasteiger partial charge in [-0.15, -0.1) is 0 Å². The van der Waals surface area contributed by atoms with E-state index < -0.39 is 7.14 Å². The van der Waals surface area contributed by atoms with Gasteiger partial charge in [-0.3, -0.25) is 4.98 Å². The molecule has 1 aromatic heterocycles. The van der Waals surface area contributed by atoms with E-state index in [0.29, 0.717) is 0 Å². The van der Waals surface area contributed by atoms with Gasteiger partial charge < -0.3 is 4.57 Å². The summed E-state index contributed by atoms with van der Waals surface area (Å²) in [7, 11) is -2.22. The minimum absolute atomic E-state index is 0.254. The van der Waals surface area contributed by atoms with Crippen LogP contribution < -0.4 is 5.44 Å². The summed E-state index contributed by atoms with van der Waals surface area (Å²) in [5.41, 5.74) is 2.21. The first-order valence-corrected chi connectivity index (χ1v) is 7.79. The topological polar surface area (TPSA) is 30.0 Å². The highest BCUT2D eigenvalue weighted by Crippen LogP contribution is 2.33. The Morgan fingerprint density at radius 1 is 1.33 bits per heavy atom. The van der Waals surface area contributed by atoms with Crippen LogP contribution in [0.4, 0.5) is 0 Å². The lowest BCUT2D eigenvalue weighted by Gasteiger charge is -2.18. The Labute approximate surface area is 92.5 Å². The van der Waals surface area contributed by atoms with E-state index in [1.165, 1.54) is 5.56 Å². The summed E-state index contributed by atoms with van der Waals surface area (Å²) in [5, 5.41) is 0. The van der Waals surface area contributed by atoms with E-state index in [0.717, 1.165) is 11.9 Å². The summed E-state index contributed by atoms with van der Waals surface area (Å²) in [5.74, 6) is 0. The van der Waals surface area contributed by atoms with Crippen molar-refractivity contribution in [3.05, 3.63) is 23.9 Å². The summed E-state index contributed by atoms with van der Waals surface area (Å²) < 4.78 is 11.9. The predicted molar refractivity (Wildman–Crippen MR) is 66.5 cm³/mol. The maximum atomic E-state index is 11.9. The van der Waals surface area contributed by atoms with Gasteiger partial charge in [0, 0.05) is 6.20 Å². The molecule has 15 heavy (non-hydrogen) atoms. The molecule has 0 spiro atoms. The fourth-order valence-corrected chi connectivity index (χ4v) is 2.30. The molecule has 0 radical (unpaired) electrons. The quantitative estimate of drug-likeness (QED) is 0.724. The van der Waals surface area contributed by atoms with Crippen LogP contribution >= 0.6 is 7.14 Å². The lowest BCUT2D eigenvalue weighted by Crippen LogP contribution is -2.13. The van der Waals surface area contributed by atoms with Crippen LogP contribution in [0.5, 0.6) is 0 Å². The number of hydrogen-bond acceptors (Lipinski definition) is 2. The molecule has 0 aromatic carbocycles. The molecule has 0 unspecified atom stereocenters. The molecule has 1 aromatic rings. The van der Waals surface area contributed by atoms with E-state index >= 15 is 0 Å². The van der Waals surface area contributed by atoms with Gasteiger partial charge in [-0.1, -0.05) is 20.8 Å². The Morgan fingerprint density at radius 3 is 2.40 bits per heavy atom. The van der Waals surface area contributed by atoms with Gasteiger partial charge in [-0.2, -0.15) is 0 Å². The molecule has 0 atom stereocenters. The van der Waals surface area contributed by atoms with Crippen molar-refractivity contribution in [1.29, 1.82) is 0 Å². The molecule has 3 heteroatoms. The van der Waals surface area contributed by atoms with Crippen molar-refractivity contribution in [3.8, 4) is 0 Å². The Kier molecular flexibility index (Phi) is 3.40. The number of hydrogen-bond donors (Lipinski definition) is 0. The second-order valence-electron chi connectivity index (χ2n) is 5.61. The average Bonchev–Trinajstić information content (AvgIpc) is 1.99. The van der Waals surface area contributed by atoms with Gasteiger partial charge in [0.1, 0.15) is 7.14 Å². The molecule has 1 rings (SSSR count). The van der Waals surface area contributed by atoms with Gasteiger partial charge in [-0.05, 0) is 42.9 Å². The summed E-state index contributed by atoms with van der Waals surface area (Å²) >= 11 is 0. The van der Waals surface area contributed by atoms with Crippen molar-refractivity contribution in [1.82, 2.24) is 4.98 Å². The van der Waals surface area contributed by atoms with Gasteiger partial charge in [0.15, 0.2) is 0 Å². The van der Waals surface area contributed by atoms with Crippen LogP contribution in [0, 0.1) is 5.41 Å². The minimum atomic E-state index is -2.22. The molecule has 84 valence electrons. The second-order valence-corrected chi connectivity index (χ2v) is 8.77. The molecule has 0 saturated carbocycles. The predicted octanol–water partition coefficient (Wildman–Crippen LogP) is 2.92. The fraction of sp³-hybridized carbons (Fsp3) is 0.583. The lowest BCUT2D eigenvalue weighted by atomic mass is 9.89. The minimum Gasteiger partial charge on any atom is -0.318 e. The molecule has 0 N–H and O–H groups in total. The van der Waals surface area contributed by atoms with Crippen molar-refractivity contribution < 1.29 is 4.57 Å². The monoisotopic (exact) mass is 225 g/mol. The highest BCUT2D eigenvalue weighted by atomic mass is 31.2. The van der Waals surface area contributed by atoms with Crippen LogP contribution in [-0.4, -0.2) is 18.3 Å². The molecule has 0 aliphatic rings. The van der Waals surface area contributed by atoms with Gasteiger partial charge >= 0.3 is 0 Å². The van der Waals surface area contributed by atoms with E-state index in [1.54, 1.807) is 19.5 Å². The first-order valence-electron chi connectivity index (χ1n) is 5.19. The highest BCUT2D eigenvalue weighted by molar-refractivity contribution is 7.69. The van der Waals surface area contributed by atoms with E-state index in [9.17, 15) is 4.57 Å². The van der Waals surface area contributed by atoms with Gasteiger partial charge in [0.25, 0.3) is 0 Å². The SMILES string of the molecule is CC(C)(C)Cc1ccnc(P(C)(C)=O)c1. The Bertz CT molecular complexity index is 387. The molecule has 1 heterocycles. The second kappa shape index (κ2) is 4.09.